The lowest BCUT2D eigenvalue weighted by Crippen LogP contribution is -2.42. The molecule has 1 fully saturated rings. The summed E-state index contributed by atoms with van der Waals surface area (Å²) < 4.78 is 10.6. The highest BCUT2D eigenvalue weighted by atomic mass is 35.5. The maximum Gasteiger partial charge on any atom is 0.179 e. The predicted octanol–water partition coefficient (Wildman–Crippen LogP) is 3.49. The van der Waals surface area contributed by atoms with Crippen LogP contribution in [-0.2, 0) is 6.54 Å². The number of hydrogen-bond donors (Lipinski definition) is 1. The minimum atomic E-state index is 0.528. The standard InChI is InChI=1S/C18H27ClN2O2/c1-13(2)12-21-9-7-15(8-10-21)20-11-14-5-6-16(22-3)18(23-4)17(14)19/h5-6,15,20H,1,7-12H2,2-4H3. The zero-order valence-corrected chi connectivity index (χ0v) is 15.1. The third kappa shape index (κ3) is 4.87. The van der Waals surface area contributed by atoms with Crippen molar-refractivity contribution in [3.63, 3.8) is 0 Å². The van der Waals surface area contributed by atoms with Gasteiger partial charge >= 0.3 is 0 Å². The zero-order valence-electron chi connectivity index (χ0n) is 14.3. The summed E-state index contributed by atoms with van der Waals surface area (Å²) in [6.45, 7) is 10.1. The molecule has 0 bridgehead atoms. The zero-order chi connectivity index (χ0) is 16.8. The molecule has 128 valence electrons. The van der Waals surface area contributed by atoms with Crippen molar-refractivity contribution >= 4 is 11.6 Å². The molecule has 0 spiro atoms. The van der Waals surface area contributed by atoms with Crippen molar-refractivity contribution in [2.45, 2.75) is 32.4 Å². The van der Waals surface area contributed by atoms with Crippen LogP contribution in [-0.4, -0.2) is 44.8 Å². The average molecular weight is 339 g/mol. The number of hydrogen-bond acceptors (Lipinski definition) is 4. The minimum absolute atomic E-state index is 0.528. The number of rotatable bonds is 7. The van der Waals surface area contributed by atoms with Gasteiger partial charge in [0.25, 0.3) is 0 Å². The van der Waals surface area contributed by atoms with Gasteiger partial charge in [0.2, 0.25) is 0 Å². The fourth-order valence-electron chi connectivity index (χ4n) is 3.00. The molecule has 1 saturated heterocycles. The molecule has 0 aliphatic carbocycles. The quantitative estimate of drug-likeness (QED) is 0.772. The number of nitrogens with zero attached hydrogens (tertiary/aromatic N) is 1. The first-order valence-electron chi connectivity index (χ1n) is 8.04. The normalized spacial score (nSPS) is 16.3. The Labute approximate surface area is 144 Å². The smallest absolute Gasteiger partial charge is 0.179 e. The van der Waals surface area contributed by atoms with Gasteiger partial charge in [0.15, 0.2) is 11.5 Å². The summed E-state index contributed by atoms with van der Waals surface area (Å²) in [4.78, 5) is 2.46. The number of methoxy groups -OCH3 is 2. The molecule has 0 aromatic heterocycles. The van der Waals surface area contributed by atoms with Crippen LogP contribution in [0.25, 0.3) is 0 Å². The molecule has 1 aromatic rings. The Bertz CT molecular complexity index is 540. The van der Waals surface area contributed by atoms with Crippen LogP contribution >= 0.6 is 11.6 Å². The predicted molar refractivity (Wildman–Crippen MR) is 95.7 cm³/mol. The van der Waals surface area contributed by atoms with Crippen LogP contribution in [0.3, 0.4) is 0 Å². The average Bonchev–Trinajstić information content (AvgIpc) is 2.54. The molecule has 0 amide bonds. The fourth-order valence-corrected chi connectivity index (χ4v) is 3.30. The lowest BCUT2D eigenvalue weighted by atomic mass is 10.0. The highest BCUT2D eigenvalue weighted by Gasteiger charge is 2.19. The molecule has 1 aromatic carbocycles. The molecule has 23 heavy (non-hydrogen) atoms. The SMILES string of the molecule is C=C(C)CN1CCC(NCc2ccc(OC)c(OC)c2Cl)CC1. The molecular formula is C18H27ClN2O2. The first kappa shape index (κ1) is 18.1. The summed E-state index contributed by atoms with van der Waals surface area (Å²) in [6.07, 6.45) is 2.30. The van der Waals surface area contributed by atoms with Crippen molar-refractivity contribution in [2.75, 3.05) is 33.9 Å². The Morgan fingerprint density at radius 2 is 2.00 bits per heavy atom. The van der Waals surface area contributed by atoms with Gasteiger partial charge in [0, 0.05) is 19.1 Å². The largest absolute Gasteiger partial charge is 0.493 e. The van der Waals surface area contributed by atoms with Gasteiger partial charge in [-0.1, -0.05) is 29.8 Å². The topological polar surface area (TPSA) is 33.7 Å². The Kier molecular flexibility index (Phi) is 6.75. The molecule has 2 rings (SSSR count). The molecule has 0 saturated carbocycles. The fraction of sp³-hybridized carbons (Fsp3) is 0.556. The van der Waals surface area contributed by atoms with E-state index in [-0.39, 0.29) is 0 Å². The third-order valence-corrected chi connectivity index (χ3v) is 4.64. The summed E-state index contributed by atoms with van der Waals surface area (Å²) >= 11 is 6.43. The second-order valence-corrected chi connectivity index (χ2v) is 6.54. The van der Waals surface area contributed by atoms with Gasteiger partial charge in [0.05, 0.1) is 19.2 Å². The summed E-state index contributed by atoms with van der Waals surface area (Å²) in [5.41, 5.74) is 2.27. The maximum absolute atomic E-state index is 6.43. The summed E-state index contributed by atoms with van der Waals surface area (Å²) in [7, 11) is 3.23. The van der Waals surface area contributed by atoms with Crippen LogP contribution in [0.15, 0.2) is 24.3 Å². The maximum atomic E-state index is 6.43. The molecule has 5 heteroatoms. The molecule has 0 radical (unpaired) electrons. The van der Waals surface area contributed by atoms with Gasteiger partial charge in [-0.05, 0) is 44.5 Å². The van der Waals surface area contributed by atoms with Crippen molar-refractivity contribution in [2.24, 2.45) is 0 Å². The van der Waals surface area contributed by atoms with Gasteiger partial charge < -0.3 is 14.8 Å². The van der Waals surface area contributed by atoms with Crippen LogP contribution in [0.2, 0.25) is 5.02 Å². The van der Waals surface area contributed by atoms with E-state index in [2.05, 4.69) is 23.7 Å². The summed E-state index contributed by atoms with van der Waals surface area (Å²) in [5, 5.41) is 4.24. The molecular weight excluding hydrogens is 312 g/mol. The van der Waals surface area contributed by atoms with E-state index in [1.54, 1.807) is 14.2 Å². The van der Waals surface area contributed by atoms with Crippen molar-refractivity contribution in [1.29, 1.82) is 0 Å². The first-order valence-corrected chi connectivity index (χ1v) is 8.42. The van der Waals surface area contributed by atoms with Crippen LogP contribution < -0.4 is 14.8 Å². The van der Waals surface area contributed by atoms with E-state index >= 15 is 0 Å². The van der Waals surface area contributed by atoms with Crippen molar-refractivity contribution in [3.8, 4) is 11.5 Å². The lowest BCUT2D eigenvalue weighted by Gasteiger charge is -2.32. The second-order valence-electron chi connectivity index (χ2n) is 6.16. The van der Waals surface area contributed by atoms with E-state index in [1.807, 2.05) is 12.1 Å². The van der Waals surface area contributed by atoms with Gasteiger partial charge in [-0.25, -0.2) is 0 Å². The molecule has 1 aliphatic heterocycles. The molecule has 4 nitrogen and oxygen atoms in total. The molecule has 0 atom stereocenters. The van der Waals surface area contributed by atoms with Gasteiger partial charge in [-0.2, -0.15) is 0 Å². The number of halogens is 1. The van der Waals surface area contributed by atoms with Crippen LogP contribution in [0.5, 0.6) is 11.5 Å². The van der Waals surface area contributed by atoms with Crippen molar-refractivity contribution in [3.05, 3.63) is 34.9 Å². The van der Waals surface area contributed by atoms with E-state index in [0.717, 1.165) is 44.6 Å². The van der Waals surface area contributed by atoms with Crippen molar-refractivity contribution in [1.82, 2.24) is 10.2 Å². The van der Waals surface area contributed by atoms with E-state index in [0.29, 0.717) is 22.6 Å². The van der Waals surface area contributed by atoms with Crippen LogP contribution in [0, 0.1) is 0 Å². The summed E-state index contributed by atoms with van der Waals surface area (Å²) in [6, 6.07) is 4.42. The monoisotopic (exact) mass is 338 g/mol. The highest BCUT2D eigenvalue weighted by Crippen LogP contribution is 2.37. The molecule has 1 N–H and O–H groups in total. The third-order valence-electron chi connectivity index (χ3n) is 4.23. The molecule has 1 aliphatic rings. The van der Waals surface area contributed by atoms with Crippen molar-refractivity contribution < 1.29 is 9.47 Å². The van der Waals surface area contributed by atoms with E-state index in [9.17, 15) is 0 Å². The second kappa shape index (κ2) is 8.57. The Morgan fingerprint density at radius 1 is 1.30 bits per heavy atom. The minimum Gasteiger partial charge on any atom is -0.493 e. The van der Waals surface area contributed by atoms with E-state index in [4.69, 9.17) is 21.1 Å². The van der Waals surface area contributed by atoms with Gasteiger partial charge in [-0.15, -0.1) is 0 Å². The highest BCUT2D eigenvalue weighted by molar-refractivity contribution is 6.33. The molecule has 1 heterocycles. The van der Waals surface area contributed by atoms with E-state index in [1.165, 1.54) is 5.57 Å². The number of benzene rings is 1. The summed E-state index contributed by atoms with van der Waals surface area (Å²) in [5.74, 6) is 1.26. The number of ether oxygens (including phenoxy) is 2. The van der Waals surface area contributed by atoms with Gasteiger partial charge in [0.1, 0.15) is 0 Å². The van der Waals surface area contributed by atoms with Gasteiger partial charge in [-0.3, -0.25) is 4.90 Å². The number of nitrogens with one attached hydrogen (secondary N) is 1. The van der Waals surface area contributed by atoms with E-state index < -0.39 is 0 Å². The Hall–Kier alpha value is -1.23. The number of piperidine rings is 1. The first-order chi connectivity index (χ1) is 11.0. The number of likely N-dealkylation sites (tertiary alicyclic amines) is 1. The Balaban J connectivity index is 1.89. The van der Waals surface area contributed by atoms with Crippen LogP contribution in [0.1, 0.15) is 25.3 Å². The molecule has 0 unspecified atom stereocenters. The van der Waals surface area contributed by atoms with Crippen LogP contribution in [0.4, 0.5) is 0 Å². The lowest BCUT2D eigenvalue weighted by molar-refractivity contribution is 0.211. The Morgan fingerprint density at radius 3 is 2.57 bits per heavy atom.